The smallest absolute Gasteiger partial charge is 0.234 e. The van der Waals surface area contributed by atoms with Crippen molar-refractivity contribution >= 4 is 67.6 Å². The molecule has 0 bridgehead atoms. The Kier molecular flexibility index (Phi) is 7.02. The molecule has 0 saturated carbocycles. The highest BCUT2D eigenvalue weighted by molar-refractivity contribution is 8.01. The number of thioether (sulfide) groups is 1. The van der Waals surface area contributed by atoms with Crippen molar-refractivity contribution in [2.45, 2.75) is 24.1 Å². The number of aromatic hydroxyl groups is 1. The molecule has 1 aromatic heterocycles. The van der Waals surface area contributed by atoms with Gasteiger partial charge in [0.2, 0.25) is 5.91 Å². The van der Waals surface area contributed by atoms with Gasteiger partial charge in [-0.25, -0.2) is 4.98 Å². The minimum Gasteiger partial charge on any atom is -0.507 e. The van der Waals surface area contributed by atoms with Crippen LogP contribution in [0.4, 0.5) is 11.4 Å². The molecular weight excluding hydrogens is 486 g/mol. The van der Waals surface area contributed by atoms with Crippen LogP contribution in [0.2, 0.25) is 0 Å². The Labute approximate surface area is 217 Å². The second-order valence-electron chi connectivity index (χ2n) is 8.72. The van der Waals surface area contributed by atoms with Gasteiger partial charge in [-0.2, -0.15) is 0 Å². The summed E-state index contributed by atoms with van der Waals surface area (Å²) in [5.74, 6) is 0.888. The van der Waals surface area contributed by atoms with Crippen LogP contribution < -0.4 is 5.32 Å². The van der Waals surface area contributed by atoms with Gasteiger partial charge in [-0.3, -0.25) is 9.79 Å². The summed E-state index contributed by atoms with van der Waals surface area (Å²) in [5, 5.41) is 15.3. The largest absolute Gasteiger partial charge is 0.507 e. The summed E-state index contributed by atoms with van der Waals surface area (Å²) in [6.07, 6.45) is 1.70. The molecule has 1 heterocycles. The summed E-state index contributed by atoms with van der Waals surface area (Å²) in [6.45, 7) is 4.29. The van der Waals surface area contributed by atoms with E-state index in [-0.39, 0.29) is 17.4 Å². The predicted octanol–water partition coefficient (Wildman–Crippen LogP) is 7.76. The average molecular weight is 512 g/mol. The molecule has 0 unspecified atom stereocenters. The van der Waals surface area contributed by atoms with E-state index >= 15 is 0 Å². The van der Waals surface area contributed by atoms with Gasteiger partial charge in [0.1, 0.15) is 5.75 Å². The van der Waals surface area contributed by atoms with Crippen LogP contribution in [0.3, 0.4) is 0 Å². The molecule has 0 fully saturated rings. The van der Waals surface area contributed by atoms with Crippen LogP contribution in [-0.2, 0) is 4.79 Å². The van der Waals surface area contributed by atoms with E-state index in [4.69, 9.17) is 0 Å². The molecular formula is C29H25N3O2S2. The summed E-state index contributed by atoms with van der Waals surface area (Å²) >= 11 is 2.97. The number of aliphatic imine (C=N–C) groups is 1. The third-order valence-corrected chi connectivity index (χ3v) is 7.99. The van der Waals surface area contributed by atoms with E-state index in [1.165, 1.54) is 17.3 Å². The van der Waals surface area contributed by atoms with Crippen molar-refractivity contribution in [2.24, 2.45) is 4.99 Å². The lowest BCUT2D eigenvalue weighted by Crippen LogP contribution is -2.13. The first kappa shape index (κ1) is 24.0. The van der Waals surface area contributed by atoms with Crippen molar-refractivity contribution < 1.29 is 9.90 Å². The van der Waals surface area contributed by atoms with Gasteiger partial charge in [-0.05, 0) is 58.7 Å². The normalized spacial score (nSPS) is 11.6. The van der Waals surface area contributed by atoms with Gasteiger partial charge in [0.05, 0.1) is 21.7 Å². The molecule has 0 aliphatic rings. The number of carbonyl (C=O) groups is 1. The SMILES string of the molecule is CC(C)c1ccc(NC(=O)CSc2nc3ccc(N=Cc4c(O)ccc5ccccc45)cc3s2)cc1. The van der Waals surface area contributed by atoms with Gasteiger partial charge in [0.25, 0.3) is 0 Å². The molecule has 0 aliphatic heterocycles. The molecule has 2 N–H and O–H groups in total. The topological polar surface area (TPSA) is 74.6 Å². The van der Waals surface area contributed by atoms with Crippen LogP contribution in [0.15, 0.2) is 88.2 Å². The molecule has 0 spiro atoms. The second-order valence-corrected chi connectivity index (χ2v) is 11.0. The van der Waals surface area contributed by atoms with Crippen LogP contribution in [-0.4, -0.2) is 28.0 Å². The number of hydrogen-bond donors (Lipinski definition) is 2. The van der Waals surface area contributed by atoms with E-state index in [0.717, 1.165) is 36.7 Å². The average Bonchev–Trinajstić information content (AvgIpc) is 3.29. The first-order valence-corrected chi connectivity index (χ1v) is 13.4. The fourth-order valence-electron chi connectivity index (χ4n) is 3.87. The molecule has 5 aromatic rings. The molecule has 7 heteroatoms. The van der Waals surface area contributed by atoms with Crippen molar-refractivity contribution in [1.29, 1.82) is 0 Å². The predicted molar refractivity (Wildman–Crippen MR) is 152 cm³/mol. The number of benzene rings is 4. The highest BCUT2D eigenvalue weighted by atomic mass is 32.2. The molecule has 36 heavy (non-hydrogen) atoms. The summed E-state index contributed by atoms with van der Waals surface area (Å²) in [6, 6.07) is 25.3. The standard InChI is InChI=1S/C29H25N3O2S2/c1-18(2)19-7-10-21(11-8-19)31-28(34)17-35-29-32-25-13-12-22(15-27(25)36-29)30-16-24-23-6-4-3-5-20(23)9-14-26(24)33/h3-16,18,33H,17H2,1-2H3,(H,31,34). The van der Waals surface area contributed by atoms with Crippen molar-refractivity contribution in [3.8, 4) is 5.75 Å². The van der Waals surface area contributed by atoms with Crippen LogP contribution in [0, 0.1) is 0 Å². The molecule has 1 amide bonds. The number of thiazole rings is 1. The van der Waals surface area contributed by atoms with E-state index in [1.54, 1.807) is 23.6 Å². The van der Waals surface area contributed by atoms with E-state index in [1.807, 2.05) is 72.8 Å². The zero-order valence-corrected chi connectivity index (χ0v) is 21.6. The molecule has 0 aliphatic carbocycles. The third-order valence-electron chi connectivity index (χ3n) is 5.83. The number of nitrogens with one attached hydrogen (secondary N) is 1. The van der Waals surface area contributed by atoms with Gasteiger partial charge in [-0.1, -0.05) is 68.1 Å². The van der Waals surface area contributed by atoms with Crippen molar-refractivity contribution in [2.75, 3.05) is 11.1 Å². The van der Waals surface area contributed by atoms with Crippen LogP contribution >= 0.6 is 23.1 Å². The summed E-state index contributed by atoms with van der Waals surface area (Å²) in [7, 11) is 0. The number of phenolic OH excluding ortho intramolecular Hbond substituents is 1. The molecule has 4 aromatic carbocycles. The lowest BCUT2D eigenvalue weighted by molar-refractivity contribution is -0.113. The Balaban J connectivity index is 1.26. The van der Waals surface area contributed by atoms with Gasteiger partial charge >= 0.3 is 0 Å². The first-order valence-electron chi connectivity index (χ1n) is 11.6. The molecule has 0 saturated heterocycles. The maximum Gasteiger partial charge on any atom is 0.234 e. The number of aromatic nitrogens is 1. The number of fused-ring (bicyclic) bond motifs is 2. The molecule has 5 rings (SSSR count). The molecule has 5 nitrogen and oxygen atoms in total. The fourth-order valence-corrected chi connectivity index (χ4v) is 5.77. The van der Waals surface area contributed by atoms with Crippen molar-refractivity contribution in [3.63, 3.8) is 0 Å². The van der Waals surface area contributed by atoms with E-state index < -0.39 is 0 Å². The quantitative estimate of drug-likeness (QED) is 0.173. The molecule has 180 valence electrons. The number of rotatable bonds is 7. The fraction of sp³-hybridized carbons (Fsp3) is 0.138. The monoisotopic (exact) mass is 511 g/mol. The van der Waals surface area contributed by atoms with Gasteiger partial charge in [-0.15, -0.1) is 11.3 Å². The number of nitrogens with zero attached hydrogens (tertiary/aromatic N) is 2. The summed E-state index contributed by atoms with van der Waals surface area (Å²) in [4.78, 5) is 21.7. The highest BCUT2D eigenvalue weighted by Crippen LogP contribution is 2.33. The van der Waals surface area contributed by atoms with Gasteiger partial charge < -0.3 is 10.4 Å². The van der Waals surface area contributed by atoms with Crippen molar-refractivity contribution in [1.82, 2.24) is 4.98 Å². The third kappa shape index (κ3) is 5.42. The number of phenols is 1. The Morgan fingerprint density at radius 2 is 1.89 bits per heavy atom. The maximum atomic E-state index is 12.4. The summed E-state index contributed by atoms with van der Waals surface area (Å²) < 4.78 is 1.84. The number of hydrogen-bond acceptors (Lipinski definition) is 6. The van der Waals surface area contributed by atoms with Gasteiger partial charge in [0, 0.05) is 17.5 Å². The summed E-state index contributed by atoms with van der Waals surface area (Å²) in [5.41, 5.74) is 4.39. The van der Waals surface area contributed by atoms with E-state index in [9.17, 15) is 9.90 Å². The Bertz CT molecular complexity index is 1570. The zero-order valence-electron chi connectivity index (χ0n) is 19.9. The molecule has 0 atom stereocenters. The number of amides is 1. The van der Waals surface area contributed by atoms with Gasteiger partial charge in [0.15, 0.2) is 4.34 Å². The van der Waals surface area contributed by atoms with E-state index in [0.29, 0.717) is 11.5 Å². The van der Waals surface area contributed by atoms with Crippen LogP contribution in [0.5, 0.6) is 5.75 Å². The van der Waals surface area contributed by atoms with Crippen LogP contribution in [0.25, 0.3) is 21.0 Å². The lowest BCUT2D eigenvalue weighted by Gasteiger charge is -2.08. The first-order chi connectivity index (χ1) is 17.5. The molecule has 0 radical (unpaired) electrons. The van der Waals surface area contributed by atoms with Crippen molar-refractivity contribution in [3.05, 3.63) is 90.0 Å². The Morgan fingerprint density at radius 3 is 2.69 bits per heavy atom. The minimum absolute atomic E-state index is 0.0586. The minimum atomic E-state index is -0.0586. The number of anilines is 1. The number of carbonyl (C=O) groups excluding carboxylic acids is 1. The highest BCUT2D eigenvalue weighted by Gasteiger charge is 2.10. The second kappa shape index (κ2) is 10.5. The van der Waals surface area contributed by atoms with E-state index in [2.05, 4.69) is 29.1 Å². The maximum absolute atomic E-state index is 12.4. The van der Waals surface area contributed by atoms with Crippen LogP contribution in [0.1, 0.15) is 30.9 Å². The lowest BCUT2D eigenvalue weighted by atomic mass is 10.0. The Hall–Kier alpha value is -3.68. The zero-order chi connectivity index (χ0) is 25.1. The Morgan fingerprint density at radius 1 is 1.08 bits per heavy atom.